The number of hydrogen-bond donors (Lipinski definition) is 0. The summed E-state index contributed by atoms with van der Waals surface area (Å²) in [4.78, 5) is 14.7. The van der Waals surface area contributed by atoms with Crippen LogP contribution in [0.15, 0.2) is 22.7 Å². The Balaban J connectivity index is 2.14. The van der Waals surface area contributed by atoms with Gasteiger partial charge in [0, 0.05) is 15.7 Å². The summed E-state index contributed by atoms with van der Waals surface area (Å²) in [7, 11) is 0. The standard InChI is InChI=1S/C16H19Br2NO/c1-11-9-16(6-2-3-7-16)19(15(20)10-17)14-5-4-12(18)8-13(11)14/h4-5,8,11H,2-3,6-7,9-10H2,1H3. The van der Waals surface area contributed by atoms with E-state index >= 15 is 0 Å². The molecule has 108 valence electrons. The zero-order valence-corrected chi connectivity index (χ0v) is 14.8. The third-order valence-corrected chi connectivity index (χ3v) is 5.79. The van der Waals surface area contributed by atoms with Gasteiger partial charge in [0.15, 0.2) is 0 Å². The van der Waals surface area contributed by atoms with Crippen LogP contribution in [0.4, 0.5) is 5.69 Å². The Labute approximate surface area is 137 Å². The van der Waals surface area contributed by atoms with Crippen LogP contribution in [0.5, 0.6) is 0 Å². The molecular formula is C16H19Br2NO. The molecule has 1 saturated carbocycles. The van der Waals surface area contributed by atoms with Gasteiger partial charge in [-0.3, -0.25) is 4.79 Å². The van der Waals surface area contributed by atoms with Crippen molar-refractivity contribution in [3.8, 4) is 0 Å². The SMILES string of the molecule is CC1CC2(CCCC2)N(C(=O)CBr)c2ccc(Br)cc21. The Morgan fingerprint density at radius 1 is 1.40 bits per heavy atom. The van der Waals surface area contributed by atoms with Gasteiger partial charge in [0.05, 0.1) is 5.33 Å². The van der Waals surface area contributed by atoms with Crippen LogP contribution < -0.4 is 4.90 Å². The molecule has 1 fully saturated rings. The van der Waals surface area contributed by atoms with Gasteiger partial charge in [-0.2, -0.15) is 0 Å². The Kier molecular flexibility index (Phi) is 3.97. The van der Waals surface area contributed by atoms with Crippen molar-refractivity contribution in [2.45, 2.75) is 50.5 Å². The van der Waals surface area contributed by atoms with Crippen molar-refractivity contribution < 1.29 is 4.79 Å². The first kappa shape index (κ1) is 14.6. The van der Waals surface area contributed by atoms with Gasteiger partial charge < -0.3 is 4.90 Å². The van der Waals surface area contributed by atoms with E-state index in [2.05, 4.69) is 55.8 Å². The Morgan fingerprint density at radius 3 is 2.75 bits per heavy atom. The summed E-state index contributed by atoms with van der Waals surface area (Å²) in [6, 6.07) is 6.33. The normalized spacial score (nSPS) is 23.9. The molecule has 0 aromatic heterocycles. The van der Waals surface area contributed by atoms with Gasteiger partial charge in [-0.15, -0.1) is 0 Å². The van der Waals surface area contributed by atoms with Crippen LogP contribution in [0.1, 0.15) is 50.5 Å². The summed E-state index contributed by atoms with van der Waals surface area (Å²) in [6.45, 7) is 2.29. The number of halogens is 2. The van der Waals surface area contributed by atoms with Gasteiger partial charge in [-0.1, -0.05) is 51.6 Å². The molecule has 1 aliphatic heterocycles. The van der Waals surface area contributed by atoms with E-state index in [4.69, 9.17) is 0 Å². The maximum Gasteiger partial charge on any atom is 0.238 e. The van der Waals surface area contributed by atoms with Crippen molar-refractivity contribution in [2.24, 2.45) is 0 Å². The number of carbonyl (C=O) groups excluding carboxylic acids is 1. The number of anilines is 1. The number of amides is 1. The summed E-state index contributed by atoms with van der Waals surface area (Å²) in [5.74, 6) is 0.711. The lowest BCUT2D eigenvalue weighted by molar-refractivity contribution is -0.117. The molecule has 0 saturated heterocycles. The Hall–Kier alpha value is -0.350. The summed E-state index contributed by atoms with van der Waals surface area (Å²) < 4.78 is 1.09. The Morgan fingerprint density at radius 2 is 2.10 bits per heavy atom. The number of rotatable bonds is 1. The van der Waals surface area contributed by atoms with E-state index in [1.54, 1.807) is 0 Å². The lowest BCUT2D eigenvalue weighted by atomic mass is 9.77. The van der Waals surface area contributed by atoms with Crippen molar-refractivity contribution in [3.05, 3.63) is 28.2 Å². The van der Waals surface area contributed by atoms with Crippen molar-refractivity contribution in [1.29, 1.82) is 0 Å². The van der Waals surface area contributed by atoms with E-state index < -0.39 is 0 Å². The smallest absolute Gasteiger partial charge is 0.238 e. The molecule has 1 amide bonds. The van der Waals surface area contributed by atoms with Crippen molar-refractivity contribution in [1.82, 2.24) is 0 Å². The largest absolute Gasteiger partial charge is 0.305 e. The van der Waals surface area contributed by atoms with Crippen LogP contribution in [0.2, 0.25) is 0 Å². The van der Waals surface area contributed by atoms with Crippen molar-refractivity contribution in [2.75, 3.05) is 10.2 Å². The van der Waals surface area contributed by atoms with Gasteiger partial charge in [0.1, 0.15) is 0 Å². The van der Waals surface area contributed by atoms with Crippen LogP contribution >= 0.6 is 31.9 Å². The summed E-state index contributed by atoms with van der Waals surface area (Å²) in [6.07, 6.45) is 5.86. The second kappa shape index (κ2) is 5.45. The van der Waals surface area contributed by atoms with Gasteiger partial charge in [0.25, 0.3) is 0 Å². The fourth-order valence-corrected chi connectivity index (χ4v) is 4.70. The minimum atomic E-state index is 0.0606. The van der Waals surface area contributed by atoms with E-state index in [0.29, 0.717) is 11.2 Å². The molecule has 1 spiro atoms. The molecule has 3 rings (SSSR count). The van der Waals surface area contributed by atoms with E-state index in [-0.39, 0.29) is 11.4 Å². The molecule has 0 bridgehead atoms. The van der Waals surface area contributed by atoms with Crippen LogP contribution in [-0.4, -0.2) is 16.8 Å². The predicted molar refractivity (Wildman–Crippen MR) is 89.7 cm³/mol. The minimum absolute atomic E-state index is 0.0606. The summed E-state index contributed by atoms with van der Waals surface area (Å²) >= 11 is 6.92. The first-order valence-corrected chi connectivity index (χ1v) is 9.17. The van der Waals surface area contributed by atoms with Gasteiger partial charge in [-0.05, 0) is 48.9 Å². The Bertz CT molecular complexity index is 537. The van der Waals surface area contributed by atoms with Crippen molar-refractivity contribution in [3.63, 3.8) is 0 Å². The van der Waals surface area contributed by atoms with E-state index in [9.17, 15) is 4.79 Å². The monoisotopic (exact) mass is 399 g/mol. The quantitative estimate of drug-likeness (QED) is 0.607. The summed E-state index contributed by atoms with van der Waals surface area (Å²) in [5.41, 5.74) is 2.48. The summed E-state index contributed by atoms with van der Waals surface area (Å²) in [5, 5.41) is 0.401. The molecule has 1 aliphatic carbocycles. The minimum Gasteiger partial charge on any atom is -0.305 e. The van der Waals surface area contributed by atoms with Crippen molar-refractivity contribution >= 4 is 43.5 Å². The maximum absolute atomic E-state index is 12.5. The molecule has 0 N–H and O–H groups in total. The van der Waals surface area contributed by atoms with Gasteiger partial charge in [-0.25, -0.2) is 0 Å². The van der Waals surface area contributed by atoms with Crippen LogP contribution in [0, 0.1) is 0 Å². The highest BCUT2D eigenvalue weighted by Crippen LogP contribution is 2.51. The molecule has 2 nitrogen and oxygen atoms in total. The fourth-order valence-electron chi connectivity index (χ4n) is 4.07. The average Bonchev–Trinajstić information content (AvgIpc) is 2.88. The van der Waals surface area contributed by atoms with Crippen LogP contribution in [0.25, 0.3) is 0 Å². The average molecular weight is 401 g/mol. The molecule has 1 aromatic rings. The molecule has 20 heavy (non-hydrogen) atoms. The molecule has 1 atom stereocenters. The second-order valence-electron chi connectivity index (χ2n) is 6.10. The topological polar surface area (TPSA) is 20.3 Å². The number of nitrogens with zero attached hydrogens (tertiary/aromatic N) is 1. The fraction of sp³-hybridized carbons (Fsp3) is 0.562. The second-order valence-corrected chi connectivity index (χ2v) is 7.58. The molecule has 1 heterocycles. The zero-order chi connectivity index (χ0) is 14.3. The number of carbonyl (C=O) groups is 1. The van der Waals surface area contributed by atoms with Crippen LogP contribution in [0.3, 0.4) is 0 Å². The van der Waals surface area contributed by atoms with E-state index in [1.165, 1.54) is 18.4 Å². The lowest BCUT2D eigenvalue weighted by Gasteiger charge is -2.48. The maximum atomic E-state index is 12.5. The third-order valence-electron chi connectivity index (χ3n) is 4.82. The number of benzene rings is 1. The first-order chi connectivity index (χ1) is 9.57. The van der Waals surface area contributed by atoms with E-state index in [0.717, 1.165) is 29.4 Å². The highest BCUT2D eigenvalue weighted by atomic mass is 79.9. The molecule has 2 aliphatic rings. The number of hydrogen-bond acceptors (Lipinski definition) is 1. The van der Waals surface area contributed by atoms with Crippen LogP contribution in [-0.2, 0) is 4.79 Å². The first-order valence-electron chi connectivity index (χ1n) is 7.26. The molecule has 0 radical (unpaired) electrons. The highest BCUT2D eigenvalue weighted by molar-refractivity contribution is 9.10. The highest BCUT2D eigenvalue weighted by Gasteiger charge is 2.47. The molecule has 1 unspecified atom stereocenters. The zero-order valence-electron chi connectivity index (χ0n) is 11.7. The predicted octanol–water partition coefficient (Wildman–Crippen LogP) is 5.00. The van der Waals surface area contributed by atoms with Gasteiger partial charge >= 0.3 is 0 Å². The van der Waals surface area contributed by atoms with Gasteiger partial charge in [0.2, 0.25) is 5.91 Å². The molecular weight excluding hydrogens is 382 g/mol. The number of fused-ring (bicyclic) bond motifs is 1. The number of alkyl halides is 1. The molecule has 4 heteroatoms. The molecule has 1 aromatic carbocycles. The van der Waals surface area contributed by atoms with E-state index in [1.807, 2.05) is 6.07 Å². The third kappa shape index (κ3) is 2.25. The lowest BCUT2D eigenvalue weighted by Crippen LogP contribution is -2.54.